The Morgan fingerprint density at radius 2 is 1.88 bits per heavy atom. The lowest BCUT2D eigenvalue weighted by atomic mass is 10.1. The van der Waals surface area contributed by atoms with Gasteiger partial charge in [0.25, 0.3) is 0 Å². The van der Waals surface area contributed by atoms with Gasteiger partial charge >= 0.3 is 0 Å². The first-order valence-corrected chi connectivity index (χ1v) is 8.02. The van der Waals surface area contributed by atoms with Gasteiger partial charge in [-0.1, -0.05) is 19.0 Å². The fourth-order valence-corrected chi connectivity index (χ4v) is 2.16. The molecule has 0 fully saturated rings. The van der Waals surface area contributed by atoms with Crippen LogP contribution in [0.4, 0.5) is 0 Å². The highest BCUT2D eigenvalue weighted by atomic mass is 127. The van der Waals surface area contributed by atoms with E-state index in [4.69, 9.17) is 4.52 Å². The molecule has 0 atom stereocenters. The number of aliphatic imine (C=N–C) groups is 1. The summed E-state index contributed by atoms with van der Waals surface area (Å²) in [6, 6.07) is 0. The fourth-order valence-electron chi connectivity index (χ4n) is 2.16. The fraction of sp³-hybridized carbons (Fsp3) is 0.688. The van der Waals surface area contributed by atoms with Gasteiger partial charge in [0, 0.05) is 31.1 Å². The lowest BCUT2D eigenvalue weighted by molar-refractivity contribution is -0.121. The number of hydrogen-bond acceptors (Lipinski definition) is 4. The Balaban J connectivity index is 0.00000529. The number of aryl methyl sites for hydroxylation is 2. The van der Waals surface area contributed by atoms with Crippen molar-refractivity contribution >= 4 is 35.8 Å². The van der Waals surface area contributed by atoms with Crippen LogP contribution in [-0.2, 0) is 24.2 Å². The van der Waals surface area contributed by atoms with Crippen LogP contribution in [0.3, 0.4) is 0 Å². The van der Waals surface area contributed by atoms with Gasteiger partial charge in [0.05, 0.1) is 12.2 Å². The second kappa shape index (κ2) is 10.5. The first kappa shape index (κ1) is 22.7. The van der Waals surface area contributed by atoms with Crippen LogP contribution in [-0.4, -0.2) is 36.2 Å². The molecule has 138 valence electrons. The maximum atomic E-state index is 11.8. The SMILES string of the molecule is CCc1noc(CC)c1CNC(=NC)NCC(=O)NC(C)(C)C.I. The average Bonchev–Trinajstić information content (AvgIpc) is 2.87. The molecule has 0 saturated carbocycles. The first-order valence-electron chi connectivity index (χ1n) is 8.02. The van der Waals surface area contributed by atoms with Gasteiger partial charge in [-0.25, -0.2) is 0 Å². The number of nitrogens with zero attached hydrogens (tertiary/aromatic N) is 2. The molecule has 0 spiro atoms. The monoisotopic (exact) mass is 451 g/mol. The largest absolute Gasteiger partial charge is 0.361 e. The van der Waals surface area contributed by atoms with Crippen molar-refractivity contribution in [2.24, 2.45) is 4.99 Å². The van der Waals surface area contributed by atoms with Gasteiger partial charge in [-0.15, -0.1) is 24.0 Å². The van der Waals surface area contributed by atoms with Crippen LogP contribution < -0.4 is 16.0 Å². The molecular weight excluding hydrogens is 421 g/mol. The molecule has 0 unspecified atom stereocenters. The molecule has 1 amide bonds. The third-order valence-electron chi connectivity index (χ3n) is 3.19. The van der Waals surface area contributed by atoms with Gasteiger partial charge in [-0.05, 0) is 27.2 Å². The van der Waals surface area contributed by atoms with Crippen LogP contribution in [0.1, 0.15) is 51.6 Å². The predicted octanol–water partition coefficient (Wildman–Crippen LogP) is 2.00. The number of halogens is 1. The molecule has 0 saturated heterocycles. The van der Waals surface area contributed by atoms with Crippen molar-refractivity contribution in [3.05, 3.63) is 17.0 Å². The Morgan fingerprint density at radius 3 is 2.38 bits per heavy atom. The smallest absolute Gasteiger partial charge is 0.239 e. The zero-order chi connectivity index (χ0) is 17.5. The minimum absolute atomic E-state index is 0. The van der Waals surface area contributed by atoms with E-state index in [1.165, 1.54) is 0 Å². The van der Waals surface area contributed by atoms with E-state index in [1.54, 1.807) is 7.05 Å². The highest BCUT2D eigenvalue weighted by Crippen LogP contribution is 2.15. The number of guanidine groups is 1. The Bertz CT molecular complexity index is 528. The number of amides is 1. The molecule has 0 aromatic carbocycles. The highest BCUT2D eigenvalue weighted by Gasteiger charge is 2.15. The van der Waals surface area contributed by atoms with E-state index < -0.39 is 0 Å². The molecule has 8 heteroatoms. The summed E-state index contributed by atoms with van der Waals surface area (Å²) in [5.41, 5.74) is 1.77. The molecule has 1 aromatic rings. The quantitative estimate of drug-likeness (QED) is 0.350. The Labute approximate surface area is 161 Å². The standard InChI is InChI=1S/C16H29N5O2.HI/c1-7-12-11(13(8-2)23-21-12)9-18-15(17-6)19-10-14(22)20-16(3,4)5;/h7-10H2,1-6H3,(H,20,22)(H2,17,18,19);1H. The summed E-state index contributed by atoms with van der Waals surface area (Å²) in [6.45, 7) is 10.7. The number of aromatic nitrogens is 1. The number of nitrogens with one attached hydrogen (secondary N) is 3. The molecule has 7 nitrogen and oxygen atoms in total. The third kappa shape index (κ3) is 7.50. The average molecular weight is 451 g/mol. The van der Waals surface area contributed by atoms with Gasteiger partial charge < -0.3 is 20.5 Å². The normalized spacial score (nSPS) is 11.7. The van der Waals surface area contributed by atoms with Crippen molar-refractivity contribution in [1.82, 2.24) is 21.1 Å². The van der Waals surface area contributed by atoms with Crippen LogP contribution in [0.25, 0.3) is 0 Å². The number of carbonyl (C=O) groups is 1. The van der Waals surface area contributed by atoms with Crippen LogP contribution >= 0.6 is 24.0 Å². The number of rotatable bonds is 6. The van der Waals surface area contributed by atoms with Crippen molar-refractivity contribution in [2.45, 2.75) is 59.5 Å². The number of hydrogen-bond donors (Lipinski definition) is 3. The molecule has 24 heavy (non-hydrogen) atoms. The van der Waals surface area contributed by atoms with Gasteiger partial charge in [0.1, 0.15) is 5.76 Å². The maximum Gasteiger partial charge on any atom is 0.239 e. The van der Waals surface area contributed by atoms with Crippen molar-refractivity contribution in [2.75, 3.05) is 13.6 Å². The van der Waals surface area contributed by atoms with Gasteiger partial charge in [-0.3, -0.25) is 9.79 Å². The van der Waals surface area contributed by atoms with Gasteiger partial charge in [0.2, 0.25) is 5.91 Å². The van der Waals surface area contributed by atoms with E-state index >= 15 is 0 Å². The minimum Gasteiger partial charge on any atom is -0.361 e. The van der Waals surface area contributed by atoms with E-state index in [1.807, 2.05) is 34.6 Å². The van der Waals surface area contributed by atoms with E-state index in [0.717, 1.165) is 29.9 Å². The summed E-state index contributed by atoms with van der Waals surface area (Å²) in [5.74, 6) is 1.38. The topological polar surface area (TPSA) is 91.6 Å². The lowest BCUT2D eigenvalue weighted by Crippen LogP contribution is -2.48. The molecule has 1 rings (SSSR count). The minimum atomic E-state index is -0.246. The van der Waals surface area contributed by atoms with E-state index in [9.17, 15) is 4.79 Å². The molecule has 0 radical (unpaired) electrons. The highest BCUT2D eigenvalue weighted by molar-refractivity contribution is 14.0. The molecule has 1 aromatic heterocycles. The molecule has 0 aliphatic carbocycles. The zero-order valence-electron chi connectivity index (χ0n) is 15.4. The van der Waals surface area contributed by atoms with Gasteiger partial charge in [0.15, 0.2) is 5.96 Å². The van der Waals surface area contributed by atoms with Crippen molar-refractivity contribution in [3.63, 3.8) is 0 Å². The Hall–Kier alpha value is -1.32. The van der Waals surface area contributed by atoms with Gasteiger partial charge in [-0.2, -0.15) is 0 Å². The summed E-state index contributed by atoms with van der Waals surface area (Å²) in [6.07, 6.45) is 1.62. The van der Waals surface area contributed by atoms with Crippen molar-refractivity contribution < 1.29 is 9.32 Å². The Morgan fingerprint density at radius 1 is 1.21 bits per heavy atom. The van der Waals surface area contributed by atoms with Crippen LogP contribution in [0.15, 0.2) is 9.52 Å². The zero-order valence-corrected chi connectivity index (χ0v) is 17.8. The summed E-state index contributed by atoms with van der Waals surface area (Å²) < 4.78 is 5.34. The molecular formula is C16H30IN5O2. The third-order valence-corrected chi connectivity index (χ3v) is 3.19. The van der Waals surface area contributed by atoms with E-state index in [-0.39, 0.29) is 42.0 Å². The van der Waals surface area contributed by atoms with Crippen molar-refractivity contribution in [3.8, 4) is 0 Å². The second-order valence-corrected chi connectivity index (χ2v) is 6.32. The van der Waals surface area contributed by atoms with Crippen LogP contribution in [0.2, 0.25) is 0 Å². The van der Waals surface area contributed by atoms with E-state index in [0.29, 0.717) is 12.5 Å². The summed E-state index contributed by atoms with van der Waals surface area (Å²) in [7, 11) is 1.67. The van der Waals surface area contributed by atoms with Crippen LogP contribution in [0, 0.1) is 0 Å². The van der Waals surface area contributed by atoms with Crippen LogP contribution in [0.5, 0.6) is 0 Å². The summed E-state index contributed by atoms with van der Waals surface area (Å²) in [5, 5.41) is 13.2. The molecule has 0 bridgehead atoms. The molecule has 0 aliphatic heterocycles. The first-order chi connectivity index (χ1) is 10.8. The Kier molecular flexibility index (Phi) is 9.95. The summed E-state index contributed by atoms with van der Waals surface area (Å²) >= 11 is 0. The molecule has 3 N–H and O–H groups in total. The molecule has 1 heterocycles. The summed E-state index contributed by atoms with van der Waals surface area (Å²) in [4.78, 5) is 16.0. The van der Waals surface area contributed by atoms with Crippen molar-refractivity contribution in [1.29, 1.82) is 0 Å². The predicted molar refractivity (Wildman–Crippen MR) is 107 cm³/mol. The number of carbonyl (C=O) groups excluding carboxylic acids is 1. The maximum absolute atomic E-state index is 11.8. The lowest BCUT2D eigenvalue weighted by Gasteiger charge is -2.21. The van der Waals surface area contributed by atoms with E-state index in [2.05, 4.69) is 26.1 Å². The molecule has 0 aliphatic rings. The second-order valence-electron chi connectivity index (χ2n) is 6.32.